The van der Waals surface area contributed by atoms with Gasteiger partial charge in [-0.3, -0.25) is 9.80 Å². The van der Waals surface area contributed by atoms with Crippen molar-refractivity contribution in [3.8, 4) is 0 Å². The molecule has 0 spiro atoms. The zero-order chi connectivity index (χ0) is 22.1. The van der Waals surface area contributed by atoms with Gasteiger partial charge in [0.05, 0.1) is 11.7 Å². The Kier molecular flexibility index (Phi) is 6.62. The standard InChI is InChI=1S/C21H27ClN4O4/c1-4-16(13(3)27)12(2)20(28)26(23)11-19-24-18(25-30-19)10-21(29)9-17(21)14-5-7-15(22)8-6-14/h5-8,13,17,27,29H,4,9-11,23H2,1-3H3/b16-12+/t13?,17?,21-/m1/s1. The maximum Gasteiger partial charge on any atom is 0.263 e. The predicted octanol–water partition coefficient (Wildman–Crippen LogP) is 2.49. The molecule has 0 aliphatic heterocycles. The highest BCUT2D eigenvalue weighted by Crippen LogP contribution is 2.53. The topological polar surface area (TPSA) is 126 Å². The zero-order valence-electron chi connectivity index (χ0n) is 17.3. The molecule has 0 radical (unpaired) electrons. The Bertz CT molecular complexity index is 941. The van der Waals surface area contributed by atoms with E-state index in [0.29, 0.717) is 34.8 Å². The second-order valence-corrected chi connectivity index (χ2v) is 8.24. The minimum atomic E-state index is -0.931. The summed E-state index contributed by atoms with van der Waals surface area (Å²) in [5, 5.41) is 26.1. The molecule has 3 atom stereocenters. The van der Waals surface area contributed by atoms with E-state index in [4.69, 9.17) is 22.0 Å². The van der Waals surface area contributed by atoms with Crippen LogP contribution in [0.15, 0.2) is 39.9 Å². The Morgan fingerprint density at radius 1 is 1.43 bits per heavy atom. The van der Waals surface area contributed by atoms with Crippen LogP contribution in [-0.2, 0) is 17.8 Å². The number of aliphatic hydroxyl groups excluding tert-OH is 1. The molecule has 1 aromatic heterocycles. The molecule has 8 nitrogen and oxygen atoms in total. The predicted molar refractivity (Wildman–Crippen MR) is 111 cm³/mol. The van der Waals surface area contributed by atoms with E-state index in [-0.39, 0.29) is 24.8 Å². The summed E-state index contributed by atoms with van der Waals surface area (Å²) in [5.74, 6) is 5.99. The molecule has 1 aliphatic carbocycles. The monoisotopic (exact) mass is 434 g/mol. The number of nitrogens with two attached hydrogens (primary N) is 1. The van der Waals surface area contributed by atoms with Crippen molar-refractivity contribution in [1.29, 1.82) is 0 Å². The first-order chi connectivity index (χ1) is 14.1. The van der Waals surface area contributed by atoms with Crippen molar-refractivity contribution in [1.82, 2.24) is 15.1 Å². The fourth-order valence-corrected chi connectivity index (χ4v) is 3.88. The molecule has 1 fully saturated rings. The molecule has 0 bridgehead atoms. The number of hydrogen-bond donors (Lipinski definition) is 3. The van der Waals surface area contributed by atoms with E-state index in [2.05, 4.69) is 10.1 Å². The van der Waals surface area contributed by atoms with Crippen LogP contribution in [0.1, 0.15) is 56.8 Å². The average Bonchev–Trinajstić information content (AvgIpc) is 3.15. The average molecular weight is 435 g/mol. The van der Waals surface area contributed by atoms with Crippen LogP contribution >= 0.6 is 11.6 Å². The number of rotatable bonds is 8. The fourth-order valence-electron chi connectivity index (χ4n) is 3.76. The van der Waals surface area contributed by atoms with Crippen LogP contribution in [0, 0.1) is 0 Å². The Morgan fingerprint density at radius 3 is 2.70 bits per heavy atom. The van der Waals surface area contributed by atoms with Crippen molar-refractivity contribution >= 4 is 17.5 Å². The van der Waals surface area contributed by atoms with E-state index >= 15 is 0 Å². The van der Waals surface area contributed by atoms with Gasteiger partial charge in [-0.15, -0.1) is 0 Å². The van der Waals surface area contributed by atoms with Gasteiger partial charge in [0.15, 0.2) is 5.82 Å². The number of hydrogen-bond acceptors (Lipinski definition) is 7. The quantitative estimate of drug-likeness (QED) is 0.252. The van der Waals surface area contributed by atoms with Crippen LogP contribution in [0.5, 0.6) is 0 Å². The minimum Gasteiger partial charge on any atom is -0.389 e. The van der Waals surface area contributed by atoms with Crippen LogP contribution in [0.25, 0.3) is 0 Å². The summed E-state index contributed by atoms with van der Waals surface area (Å²) in [7, 11) is 0. The molecule has 4 N–H and O–H groups in total. The third-order valence-corrected chi connectivity index (χ3v) is 5.80. The summed E-state index contributed by atoms with van der Waals surface area (Å²) in [6, 6.07) is 7.40. The van der Waals surface area contributed by atoms with Crippen molar-refractivity contribution in [2.75, 3.05) is 0 Å². The molecular weight excluding hydrogens is 408 g/mol. The number of hydrazine groups is 1. The van der Waals surface area contributed by atoms with Crippen molar-refractivity contribution in [2.24, 2.45) is 5.84 Å². The lowest BCUT2D eigenvalue weighted by Gasteiger charge is -2.18. The molecule has 9 heteroatoms. The highest BCUT2D eigenvalue weighted by Gasteiger charge is 2.54. The molecule has 0 saturated heterocycles. The number of nitrogens with zero attached hydrogens (tertiary/aromatic N) is 3. The smallest absolute Gasteiger partial charge is 0.263 e. The Labute approximate surface area is 180 Å². The molecule has 162 valence electrons. The molecule has 3 rings (SSSR count). The van der Waals surface area contributed by atoms with Gasteiger partial charge in [0, 0.05) is 22.9 Å². The van der Waals surface area contributed by atoms with Gasteiger partial charge in [0.25, 0.3) is 5.91 Å². The second-order valence-electron chi connectivity index (χ2n) is 7.81. The van der Waals surface area contributed by atoms with Crippen LogP contribution in [0.3, 0.4) is 0 Å². The van der Waals surface area contributed by atoms with Gasteiger partial charge in [0.2, 0.25) is 5.89 Å². The van der Waals surface area contributed by atoms with E-state index in [1.807, 2.05) is 19.1 Å². The molecule has 2 aromatic rings. The van der Waals surface area contributed by atoms with Crippen molar-refractivity contribution in [2.45, 2.75) is 64.2 Å². The third kappa shape index (κ3) is 4.89. The largest absolute Gasteiger partial charge is 0.389 e. The number of benzene rings is 1. The van der Waals surface area contributed by atoms with Gasteiger partial charge in [-0.25, -0.2) is 5.84 Å². The number of halogens is 1. The Hall–Kier alpha value is -2.26. The zero-order valence-corrected chi connectivity index (χ0v) is 18.1. The molecule has 2 unspecified atom stereocenters. The van der Waals surface area contributed by atoms with Crippen molar-refractivity contribution in [3.63, 3.8) is 0 Å². The van der Waals surface area contributed by atoms with Crippen molar-refractivity contribution in [3.05, 3.63) is 57.7 Å². The van der Waals surface area contributed by atoms with Gasteiger partial charge < -0.3 is 14.7 Å². The van der Waals surface area contributed by atoms with E-state index in [1.165, 1.54) is 0 Å². The third-order valence-electron chi connectivity index (χ3n) is 5.55. The minimum absolute atomic E-state index is 0.00924. The molecule has 1 amide bonds. The molecule has 1 aliphatic rings. The number of aliphatic hydroxyl groups is 2. The summed E-state index contributed by atoms with van der Waals surface area (Å²) in [4.78, 5) is 16.8. The Morgan fingerprint density at radius 2 is 2.10 bits per heavy atom. The van der Waals surface area contributed by atoms with Gasteiger partial charge in [0.1, 0.15) is 6.54 Å². The summed E-state index contributed by atoms with van der Waals surface area (Å²) in [6.45, 7) is 5.04. The highest BCUT2D eigenvalue weighted by atomic mass is 35.5. The lowest BCUT2D eigenvalue weighted by atomic mass is 10.0. The van der Waals surface area contributed by atoms with E-state index in [1.54, 1.807) is 26.0 Å². The molecule has 30 heavy (non-hydrogen) atoms. The van der Waals surface area contributed by atoms with Gasteiger partial charge in [-0.05, 0) is 50.0 Å². The summed E-state index contributed by atoms with van der Waals surface area (Å²) < 4.78 is 5.20. The molecule has 1 saturated carbocycles. The van der Waals surface area contributed by atoms with E-state index < -0.39 is 17.6 Å². The highest BCUT2D eigenvalue weighted by molar-refractivity contribution is 6.30. The van der Waals surface area contributed by atoms with E-state index in [0.717, 1.165) is 10.6 Å². The normalized spacial score (nSPS) is 22.4. The molecule has 1 heterocycles. The number of amides is 1. The fraction of sp³-hybridized carbons (Fsp3) is 0.476. The van der Waals surface area contributed by atoms with Gasteiger partial charge >= 0.3 is 0 Å². The van der Waals surface area contributed by atoms with Crippen LogP contribution in [-0.4, -0.2) is 43.0 Å². The van der Waals surface area contributed by atoms with Gasteiger partial charge in [-0.1, -0.05) is 35.8 Å². The summed E-state index contributed by atoms with van der Waals surface area (Å²) in [5.41, 5.74) is 1.11. The van der Waals surface area contributed by atoms with Gasteiger partial charge in [-0.2, -0.15) is 4.98 Å². The second kappa shape index (κ2) is 8.85. The SMILES string of the molecule is CC/C(=C(/C)C(=O)N(N)Cc1nc(C[C@]2(O)CC2c2ccc(Cl)cc2)no1)C(C)O. The first-order valence-corrected chi connectivity index (χ1v) is 10.3. The summed E-state index contributed by atoms with van der Waals surface area (Å²) in [6.07, 6.45) is 0.656. The number of carbonyl (C=O) groups is 1. The lowest BCUT2D eigenvalue weighted by Crippen LogP contribution is -2.38. The maximum atomic E-state index is 12.5. The number of carbonyl (C=O) groups excluding carboxylic acids is 1. The lowest BCUT2D eigenvalue weighted by molar-refractivity contribution is -0.128. The maximum absolute atomic E-state index is 12.5. The van der Waals surface area contributed by atoms with Crippen LogP contribution in [0.4, 0.5) is 0 Å². The molecular formula is C21H27ClN4O4. The van der Waals surface area contributed by atoms with Crippen molar-refractivity contribution < 1.29 is 19.5 Å². The molecule has 1 aromatic carbocycles. The Balaban J connectivity index is 1.61. The summed E-state index contributed by atoms with van der Waals surface area (Å²) >= 11 is 5.92. The first-order valence-electron chi connectivity index (χ1n) is 9.88. The number of aromatic nitrogens is 2. The van der Waals surface area contributed by atoms with E-state index in [9.17, 15) is 15.0 Å². The van der Waals surface area contributed by atoms with Crippen LogP contribution in [0.2, 0.25) is 5.02 Å². The van der Waals surface area contributed by atoms with Crippen LogP contribution < -0.4 is 5.84 Å². The first kappa shape index (κ1) is 22.4.